The number of ether oxygens (including phenoxy) is 1. The predicted molar refractivity (Wildman–Crippen MR) is 120 cm³/mol. The number of quaternary nitrogens is 1. The van der Waals surface area contributed by atoms with Crippen LogP contribution in [0.1, 0.15) is 36.9 Å². The molecule has 3 heteroatoms. The Labute approximate surface area is 173 Å². The molecule has 0 aromatic heterocycles. The Balaban J connectivity index is 1.97. The summed E-state index contributed by atoms with van der Waals surface area (Å²) < 4.78 is 6.32. The van der Waals surface area contributed by atoms with Gasteiger partial charge in [-0.3, -0.25) is 0 Å². The maximum Gasteiger partial charge on any atom is 0.326 e. The molecule has 0 aliphatic carbocycles. The topological polar surface area (TPSA) is 21.6 Å². The Hall–Kier alpha value is -3.17. The Morgan fingerprint density at radius 1 is 0.828 bits per heavy atom. The van der Waals surface area contributed by atoms with Gasteiger partial charge >= 0.3 is 5.88 Å². The van der Waals surface area contributed by atoms with Gasteiger partial charge in [0.1, 0.15) is 5.71 Å². The Kier molecular flexibility index (Phi) is 5.59. The number of benzene rings is 3. The van der Waals surface area contributed by atoms with E-state index in [1.54, 1.807) is 7.11 Å². The summed E-state index contributed by atoms with van der Waals surface area (Å²) in [6, 6.07) is 31.6. The lowest BCUT2D eigenvalue weighted by Gasteiger charge is -2.36. The largest absolute Gasteiger partial charge is 0.453 e. The van der Waals surface area contributed by atoms with Gasteiger partial charge < -0.3 is 4.74 Å². The van der Waals surface area contributed by atoms with E-state index in [2.05, 4.69) is 91.9 Å². The molecule has 0 saturated carbocycles. The van der Waals surface area contributed by atoms with Gasteiger partial charge in [0.15, 0.2) is 11.7 Å². The molecule has 0 amide bonds. The zero-order chi connectivity index (χ0) is 20.1. The van der Waals surface area contributed by atoms with Gasteiger partial charge in [0.2, 0.25) is 0 Å². The van der Waals surface area contributed by atoms with Gasteiger partial charge in [-0.2, -0.15) is 0 Å². The zero-order valence-corrected chi connectivity index (χ0v) is 17.0. The van der Waals surface area contributed by atoms with Crippen LogP contribution in [-0.2, 0) is 4.74 Å². The van der Waals surface area contributed by atoms with Crippen LogP contribution >= 0.6 is 0 Å². The van der Waals surface area contributed by atoms with Gasteiger partial charge in [-0.15, -0.1) is 0 Å². The van der Waals surface area contributed by atoms with Crippen molar-refractivity contribution >= 4 is 11.4 Å². The van der Waals surface area contributed by atoms with Crippen LogP contribution in [0.15, 0.2) is 108 Å². The average Bonchev–Trinajstić information content (AvgIpc) is 3.20. The first-order valence-corrected chi connectivity index (χ1v) is 10.2. The van der Waals surface area contributed by atoms with Gasteiger partial charge in [0.05, 0.1) is 13.2 Å². The molecule has 2 unspecified atom stereocenters. The normalized spacial score (nSPS) is 19.4. The van der Waals surface area contributed by atoms with Gasteiger partial charge in [0, 0.05) is 29.7 Å². The number of para-hydroxylation sites is 1. The molecule has 0 N–H and O–H groups in total. The monoisotopic (exact) mass is 383 g/mol. The lowest BCUT2D eigenvalue weighted by Crippen LogP contribution is -2.45. The fourth-order valence-electron chi connectivity index (χ4n) is 4.17. The molecule has 1 aliphatic heterocycles. The summed E-state index contributed by atoms with van der Waals surface area (Å²) >= 11 is 0. The summed E-state index contributed by atoms with van der Waals surface area (Å²) in [4.78, 5) is 0. The molecule has 146 valence electrons. The van der Waals surface area contributed by atoms with E-state index in [0.717, 1.165) is 35.7 Å². The van der Waals surface area contributed by atoms with Crippen molar-refractivity contribution in [3.05, 3.63) is 114 Å². The van der Waals surface area contributed by atoms with E-state index < -0.39 is 0 Å². The third-order valence-corrected chi connectivity index (χ3v) is 5.49. The standard InChI is InChI=1S/C26H27N2O/c1-3-13-25(22-16-9-5-10-17-22)28(23-18-11-6-12-19-23)26(29-2)20-24(27-28)21-14-7-4-8-15-21/h4-12,14-20,25H,3,13H2,1-2H3/q+1. The van der Waals surface area contributed by atoms with Crippen LogP contribution in [0.25, 0.3) is 0 Å². The summed E-state index contributed by atoms with van der Waals surface area (Å²) in [5, 5.41) is 5.34. The van der Waals surface area contributed by atoms with Crippen molar-refractivity contribution in [2.45, 2.75) is 25.8 Å². The lowest BCUT2D eigenvalue weighted by molar-refractivity contribution is 0.123. The Bertz CT molecular complexity index is 997. The highest BCUT2D eigenvalue weighted by Gasteiger charge is 2.50. The van der Waals surface area contributed by atoms with E-state index in [-0.39, 0.29) is 6.04 Å². The van der Waals surface area contributed by atoms with E-state index in [1.807, 2.05) is 12.1 Å². The highest BCUT2D eigenvalue weighted by atomic mass is 16.5. The van der Waals surface area contributed by atoms with E-state index in [9.17, 15) is 0 Å². The smallest absolute Gasteiger partial charge is 0.326 e. The van der Waals surface area contributed by atoms with Crippen molar-refractivity contribution in [1.82, 2.24) is 4.59 Å². The van der Waals surface area contributed by atoms with Crippen molar-refractivity contribution < 1.29 is 4.74 Å². The van der Waals surface area contributed by atoms with Gasteiger partial charge in [-0.05, 0) is 0 Å². The molecule has 3 aromatic carbocycles. The van der Waals surface area contributed by atoms with E-state index in [1.165, 1.54) is 5.56 Å². The maximum absolute atomic E-state index is 6.00. The fraction of sp³-hybridized carbons (Fsp3) is 0.192. The van der Waals surface area contributed by atoms with Crippen molar-refractivity contribution in [2.75, 3.05) is 7.11 Å². The molecule has 0 fully saturated rings. The van der Waals surface area contributed by atoms with Gasteiger partial charge in [-0.25, -0.2) is 0 Å². The second-order valence-corrected chi connectivity index (χ2v) is 7.27. The number of allylic oxidation sites excluding steroid dienone is 1. The van der Waals surface area contributed by atoms with E-state index in [4.69, 9.17) is 9.84 Å². The lowest BCUT2D eigenvalue weighted by atomic mass is 9.99. The molecule has 0 radical (unpaired) electrons. The first-order chi connectivity index (χ1) is 14.3. The molecule has 1 heterocycles. The summed E-state index contributed by atoms with van der Waals surface area (Å²) in [5.41, 5.74) is 4.41. The number of hydrogen-bond acceptors (Lipinski definition) is 2. The minimum atomic E-state index is 0.121. The molecular weight excluding hydrogens is 356 g/mol. The molecule has 0 spiro atoms. The molecule has 29 heavy (non-hydrogen) atoms. The van der Waals surface area contributed by atoms with Crippen LogP contribution in [0.5, 0.6) is 0 Å². The average molecular weight is 384 g/mol. The predicted octanol–water partition coefficient (Wildman–Crippen LogP) is 6.44. The van der Waals surface area contributed by atoms with Crippen LogP contribution < -0.4 is 4.59 Å². The third kappa shape index (κ3) is 3.50. The molecular formula is C26H27N2O+. The second-order valence-electron chi connectivity index (χ2n) is 7.27. The first kappa shape index (κ1) is 19.2. The van der Waals surface area contributed by atoms with E-state index >= 15 is 0 Å². The minimum absolute atomic E-state index is 0.121. The van der Waals surface area contributed by atoms with Crippen molar-refractivity contribution in [3.63, 3.8) is 0 Å². The summed E-state index contributed by atoms with van der Waals surface area (Å²) in [5.74, 6) is 0.845. The van der Waals surface area contributed by atoms with Crippen LogP contribution in [-0.4, -0.2) is 12.8 Å². The zero-order valence-electron chi connectivity index (χ0n) is 17.0. The molecule has 3 nitrogen and oxygen atoms in total. The van der Waals surface area contributed by atoms with Crippen molar-refractivity contribution in [2.24, 2.45) is 5.10 Å². The van der Waals surface area contributed by atoms with Gasteiger partial charge in [-0.1, -0.05) is 102 Å². The number of rotatable bonds is 7. The molecule has 2 atom stereocenters. The van der Waals surface area contributed by atoms with Crippen molar-refractivity contribution in [3.8, 4) is 0 Å². The quantitative estimate of drug-likeness (QED) is 0.430. The second kappa shape index (κ2) is 8.46. The minimum Gasteiger partial charge on any atom is -0.453 e. The Morgan fingerprint density at radius 3 is 2.00 bits per heavy atom. The molecule has 0 bridgehead atoms. The molecule has 4 rings (SSSR count). The maximum atomic E-state index is 6.00. The van der Waals surface area contributed by atoms with Crippen LogP contribution in [0.4, 0.5) is 5.69 Å². The van der Waals surface area contributed by atoms with Crippen LogP contribution in [0.3, 0.4) is 0 Å². The SMILES string of the molecule is CCCC(c1ccccc1)[N+]1(c2ccccc2)N=C(c2ccccc2)C=C1OC. The highest BCUT2D eigenvalue weighted by Crippen LogP contribution is 2.46. The summed E-state index contributed by atoms with van der Waals surface area (Å²) in [6.07, 6.45) is 4.14. The van der Waals surface area contributed by atoms with E-state index in [0.29, 0.717) is 4.59 Å². The number of methoxy groups -OCH3 is 1. The Morgan fingerprint density at radius 2 is 1.41 bits per heavy atom. The third-order valence-electron chi connectivity index (χ3n) is 5.49. The van der Waals surface area contributed by atoms with Crippen molar-refractivity contribution in [1.29, 1.82) is 0 Å². The highest BCUT2D eigenvalue weighted by molar-refractivity contribution is 6.10. The van der Waals surface area contributed by atoms with Gasteiger partial charge in [0.25, 0.3) is 0 Å². The number of nitrogens with zero attached hydrogens (tertiary/aromatic N) is 2. The fourth-order valence-corrected chi connectivity index (χ4v) is 4.17. The number of hydrogen-bond donors (Lipinski definition) is 0. The molecule has 3 aromatic rings. The summed E-state index contributed by atoms with van der Waals surface area (Å²) in [6.45, 7) is 2.23. The molecule has 1 aliphatic rings. The van der Waals surface area contributed by atoms with Crippen LogP contribution in [0.2, 0.25) is 0 Å². The van der Waals surface area contributed by atoms with Crippen LogP contribution in [0, 0.1) is 0 Å². The first-order valence-electron chi connectivity index (χ1n) is 10.2. The molecule has 0 saturated heterocycles. The summed E-state index contributed by atoms with van der Waals surface area (Å²) in [7, 11) is 1.75.